The minimum Gasteiger partial charge on any atom is -0.477 e. The Balaban J connectivity index is 2.18. The molecule has 2 aromatic rings. The van der Waals surface area contributed by atoms with Crippen LogP contribution in [0.3, 0.4) is 0 Å². The lowest BCUT2D eigenvalue weighted by Crippen LogP contribution is -2.11. The molecule has 1 aromatic heterocycles. The van der Waals surface area contributed by atoms with Gasteiger partial charge >= 0.3 is 11.9 Å². The van der Waals surface area contributed by atoms with E-state index in [0.717, 1.165) is 11.3 Å². The molecular formula is C15H16N2O4S. The number of carboxylic acid groups (broad SMARTS) is 1. The van der Waals surface area contributed by atoms with Crippen molar-refractivity contribution < 1.29 is 19.4 Å². The van der Waals surface area contributed by atoms with Crippen molar-refractivity contribution in [3.63, 3.8) is 0 Å². The third-order valence-corrected chi connectivity index (χ3v) is 3.74. The van der Waals surface area contributed by atoms with Crippen LogP contribution in [0.15, 0.2) is 24.3 Å². The summed E-state index contributed by atoms with van der Waals surface area (Å²) in [5, 5.41) is 12.5. The van der Waals surface area contributed by atoms with Crippen LogP contribution in [0.1, 0.15) is 39.6 Å². The third-order valence-electron chi connectivity index (χ3n) is 2.68. The lowest BCUT2D eigenvalue weighted by atomic mass is 10.2. The fraction of sp³-hybridized carbons (Fsp3) is 0.267. The molecule has 6 nitrogen and oxygen atoms in total. The molecule has 0 spiro atoms. The lowest BCUT2D eigenvalue weighted by molar-refractivity contribution is 0.0377. The topological polar surface area (TPSA) is 88.5 Å². The number of anilines is 2. The predicted molar refractivity (Wildman–Crippen MR) is 84.1 cm³/mol. The number of hydrogen-bond donors (Lipinski definition) is 2. The summed E-state index contributed by atoms with van der Waals surface area (Å²) in [5.74, 6) is -1.41. The fourth-order valence-corrected chi connectivity index (χ4v) is 2.60. The van der Waals surface area contributed by atoms with E-state index in [-0.39, 0.29) is 11.0 Å². The number of nitrogens with one attached hydrogen (secondary N) is 1. The first-order valence-electron chi connectivity index (χ1n) is 6.65. The number of ether oxygens (including phenoxy) is 1. The second-order valence-electron chi connectivity index (χ2n) is 4.90. The van der Waals surface area contributed by atoms with Crippen LogP contribution in [-0.2, 0) is 4.74 Å². The smallest absolute Gasteiger partial charge is 0.347 e. The highest BCUT2D eigenvalue weighted by Crippen LogP contribution is 2.26. The molecule has 116 valence electrons. The van der Waals surface area contributed by atoms with Gasteiger partial charge in [-0.2, -0.15) is 0 Å². The quantitative estimate of drug-likeness (QED) is 0.820. The number of rotatable bonds is 5. The average Bonchev–Trinajstić information content (AvgIpc) is 2.79. The number of benzene rings is 1. The molecule has 7 heteroatoms. The molecule has 0 atom stereocenters. The van der Waals surface area contributed by atoms with Gasteiger partial charge in [0.25, 0.3) is 0 Å². The van der Waals surface area contributed by atoms with Gasteiger partial charge in [-0.25, -0.2) is 14.6 Å². The molecule has 0 saturated carbocycles. The Bertz CT molecular complexity index is 709. The van der Waals surface area contributed by atoms with Gasteiger partial charge in [0.1, 0.15) is 4.88 Å². The first-order valence-corrected chi connectivity index (χ1v) is 7.47. The van der Waals surface area contributed by atoms with Gasteiger partial charge in [-0.15, -0.1) is 0 Å². The fourth-order valence-electron chi connectivity index (χ4n) is 1.78. The standard InChI is InChI=1S/C15H16N2O4S/c1-8(2)21-14(20)10-5-4-6-11(7-10)17-15-16-9(3)12(22-15)13(18)19/h4-8H,1-3H3,(H,16,17)(H,18,19). The number of carbonyl (C=O) groups is 2. The second-order valence-corrected chi connectivity index (χ2v) is 5.90. The first-order chi connectivity index (χ1) is 10.4. The Morgan fingerprint density at radius 3 is 2.68 bits per heavy atom. The van der Waals surface area contributed by atoms with Crippen LogP contribution in [0.2, 0.25) is 0 Å². The number of carbonyl (C=O) groups excluding carboxylic acids is 1. The lowest BCUT2D eigenvalue weighted by Gasteiger charge is -2.09. The summed E-state index contributed by atoms with van der Waals surface area (Å²) in [6, 6.07) is 6.79. The van der Waals surface area contributed by atoms with Crippen LogP contribution in [0.25, 0.3) is 0 Å². The number of thiazole rings is 1. The zero-order chi connectivity index (χ0) is 16.3. The van der Waals surface area contributed by atoms with Gasteiger partial charge in [-0.1, -0.05) is 17.4 Å². The first kappa shape index (κ1) is 16.0. The van der Waals surface area contributed by atoms with Crippen LogP contribution in [-0.4, -0.2) is 28.1 Å². The number of aromatic nitrogens is 1. The molecule has 2 N–H and O–H groups in total. The monoisotopic (exact) mass is 320 g/mol. The van der Waals surface area contributed by atoms with Gasteiger partial charge in [0.2, 0.25) is 0 Å². The molecule has 0 amide bonds. The van der Waals surface area contributed by atoms with Crippen molar-refractivity contribution >= 4 is 34.1 Å². The van der Waals surface area contributed by atoms with Crippen molar-refractivity contribution in [2.24, 2.45) is 0 Å². The van der Waals surface area contributed by atoms with Crippen molar-refractivity contribution in [1.29, 1.82) is 0 Å². The summed E-state index contributed by atoms with van der Waals surface area (Å²) in [6.45, 7) is 5.21. The molecule has 1 aromatic carbocycles. The summed E-state index contributed by atoms with van der Waals surface area (Å²) in [4.78, 5) is 27.2. The van der Waals surface area contributed by atoms with Crippen molar-refractivity contribution in [3.05, 3.63) is 40.4 Å². The Morgan fingerprint density at radius 2 is 2.09 bits per heavy atom. The van der Waals surface area contributed by atoms with E-state index in [9.17, 15) is 9.59 Å². The maximum atomic E-state index is 11.9. The predicted octanol–water partition coefficient (Wildman–Crippen LogP) is 3.46. The van der Waals surface area contributed by atoms with Crippen molar-refractivity contribution in [2.75, 3.05) is 5.32 Å². The number of aryl methyl sites for hydroxylation is 1. The molecule has 22 heavy (non-hydrogen) atoms. The molecule has 0 unspecified atom stereocenters. The Morgan fingerprint density at radius 1 is 1.36 bits per heavy atom. The van der Waals surface area contributed by atoms with Crippen LogP contribution in [0.4, 0.5) is 10.8 Å². The van der Waals surface area contributed by atoms with E-state index in [2.05, 4.69) is 10.3 Å². The van der Waals surface area contributed by atoms with E-state index in [0.29, 0.717) is 22.1 Å². The molecule has 2 rings (SSSR count). The number of carboxylic acids is 1. The van der Waals surface area contributed by atoms with Crippen LogP contribution in [0, 0.1) is 6.92 Å². The van der Waals surface area contributed by atoms with Gasteiger partial charge in [0.15, 0.2) is 5.13 Å². The number of hydrogen-bond acceptors (Lipinski definition) is 6. The maximum absolute atomic E-state index is 11.9. The van der Waals surface area contributed by atoms with Crippen LogP contribution in [0.5, 0.6) is 0 Å². The Labute approximate surface area is 131 Å². The SMILES string of the molecule is Cc1nc(Nc2cccc(C(=O)OC(C)C)c2)sc1C(=O)O. The van der Waals surface area contributed by atoms with Crippen LogP contribution < -0.4 is 5.32 Å². The molecule has 0 saturated heterocycles. The molecule has 0 fully saturated rings. The van der Waals surface area contributed by atoms with Crippen molar-refractivity contribution in [3.8, 4) is 0 Å². The van der Waals surface area contributed by atoms with Crippen LogP contribution >= 0.6 is 11.3 Å². The van der Waals surface area contributed by atoms with E-state index >= 15 is 0 Å². The molecule has 0 bridgehead atoms. The van der Waals surface area contributed by atoms with E-state index in [1.807, 2.05) is 0 Å². The Kier molecular flexibility index (Phi) is 4.77. The molecular weight excluding hydrogens is 304 g/mol. The summed E-state index contributed by atoms with van der Waals surface area (Å²) in [6.07, 6.45) is -0.191. The Hall–Kier alpha value is -2.41. The highest BCUT2D eigenvalue weighted by Gasteiger charge is 2.15. The number of nitrogens with zero attached hydrogens (tertiary/aromatic N) is 1. The van der Waals surface area contributed by atoms with Gasteiger partial charge in [0, 0.05) is 5.69 Å². The van der Waals surface area contributed by atoms with Crippen molar-refractivity contribution in [1.82, 2.24) is 4.98 Å². The molecule has 1 heterocycles. The third kappa shape index (κ3) is 3.82. The van der Waals surface area contributed by atoms with Gasteiger partial charge in [-0.3, -0.25) is 0 Å². The summed E-state index contributed by atoms with van der Waals surface area (Å²) in [7, 11) is 0. The molecule has 0 aliphatic rings. The largest absolute Gasteiger partial charge is 0.477 e. The summed E-state index contributed by atoms with van der Waals surface area (Å²) in [5.41, 5.74) is 1.52. The minimum absolute atomic E-state index is 0.191. The number of esters is 1. The van der Waals surface area contributed by atoms with E-state index < -0.39 is 11.9 Å². The highest BCUT2D eigenvalue weighted by molar-refractivity contribution is 7.17. The average molecular weight is 320 g/mol. The van der Waals surface area contributed by atoms with Gasteiger partial charge < -0.3 is 15.2 Å². The maximum Gasteiger partial charge on any atom is 0.347 e. The zero-order valence-electron chi connectivity index (χ0n) is 12.4. The zero-order valence-corrected chi connectivity index (χ0v) is 13.2. The second kappa shape index (κ2) is 6.57. The van der Waals surface area contributed by atoms with Gasteiger partial charge in [-0.05, 0) is 39.0 Å². The molecule has 0 radical (unpaired) electrons. The van der Waals surface area contributed by atoms with E-state index in [1.54, 1.807) is 45.0 Å². The molecule has 0 aliphatic carbocycles. The van der Waals surface area contributed by atoms with E-state index in [1.165, 1.54) is 0 Å². The van der Waals surface area contributed by atoms with E-state index in [4.69, 9.17) is 9.84 Å². The van der Waals surface area contributed by atoms with Crippen molar-refractivity contribution in [2.45, 2.75) is 26.9 Å². The summed E-state index contributed by atoms with van der Waals surface area (Å²) >= 11 is 1.05. The minimum atomic E-state index is -1.00. The highest BCUT2D eigenvalue weighted by atomic mass is 32.1. The van der Waals surface area contributed by atoms with Gasteiger partial charge in [0.05, 0.1) is 17.4 Å². The number of aromatic carboxylic acids is 1. The summed E-state index contributed by atoms with van der Waals surface area (Å²) < 4.78 is 5.14. The molecule has 0 aliphatic heterocycles. The normalized spacial score (nSPS) is 10.5.